The number of carbonyl (C=O) groups excluding carboxylic acids is 1. The number of amides is 1. The van der Waals surface area contributed by atoms with Crippen LogP contribution in [0, 0.1) is 11.3 Å². The van der Waals surface area contributed by atoms with Crippen LogP contribution < -0.4 is 5.32 Å². The second-order valence-electron chi connectivity index (χ2n) is 6.03. The zero-order valence-electron chi connectivity index (χ0n) is 14.8. The fourth-order valence-electron chi connectivity index (χ4n) is 2.69. The molecular formula is C22H15N3O2S. The number of furan rings is 1. The van der Waals surface area contributed by atoms with Crippen molar-refractivity contribution >= 4 is 33.5 Å². The van der Waals surface area contributed by atoms with Crippen molar-refractivity contribution in [3.63, 3.8) is 0 Å². The number of hydrogen-bond donors (Lipinski definition) is 1. The van der Waals surface area contributed by atoms with Crippen LogP contribution in [0.25, 0.3) is 27.1 Å². The molecule has 1 amide bonds. The van der Waals surface area contributed by atoms with Gasteiger partial charge in [-0.15, -0.1) is 11.3 Å². The van der Waals surface area contributed by atoms with Crippen molar-refractivity contribution in [1.82, 2.24) is 10.3 Å². The van der Waals surface area contributed by atoms with E-state index in [1.54, 1.807) is 12.1 Å². The van der Waals surface area contributed by atoms with Crippen LogP contribution in [0.15, 0.2) is 76.7 Å². The van der Waals surface area contributed by atoms with Crippen molar-refractivity contribution in [2.75, 3.05) is 0 Å². The Bertz CT molecular complexity index is 1170. The SMILES string of the molecule is N#C/C(=C/c1ccc(-c2nc3ccccc3s2)o1)C(=O)NCc1ccccc1. The molecule has 1 N–H and O–H groups in total. The molecule has 0 unspecified atom stereocenters. The summed E-state index contributed by atoms with van der Waals surface area (Å²) in [6.07, 6.45) is 1.44. The number of nitrogens with zero attached hydrogens (tertiary/aromatic N) is 2. The lowest BCUT2D eigenvalue weighted by atomic mass is 10.2. The van der Waals surface area contributed by atoms with E-state index in [0.717, 1.165) is 20.8 Å². The van der Waals surface area contributed by atoms with Gasteiger partial charge in [-0.25, -0.2) is 4.98 Å². The van der Waals surface area contributed by atoms with Gasteiger partial charge < -0.3 is 9.73 Å². The van der Waals surface area contributed by atoms with Gasteiger partial charge in [0.15, 0.2) is 10.8 Å². The second-order valence-corrected chi connectivity index (χ2v) is 7.06. The molecule has 2 aromatic carbocycles. The molecule has 4 rings (SSSR count). The first kappa shape index (κ1) is 17.7. The molecule has 0 fully saturated rings. The highest BCUT2D eigenvalue weighted by Gasteiger charge is 2.13. The molecule has 0 saturated heterocycles. The van der Waals surface area contributed by atoms with E-state index in [-0.39, 0.29) is 5.57 Å². The first-order chi connectivity index (χ1) is 13.7. The van der Waals surface area contributed by atoms with Crippen LogP contribution in [0.4, 0.5) is 0 Å². The molecule has 136 valence electrons. The molecule has 2 aromatic heterocycles. The van der Waals surface area contributed by atoms with Gasteiger partial charge in [-0.1, -0.05) is 42.5 Å². The number of rotatable bonds is 5. The number of nitriles is 1. The van der Waals surface area contributed by atoms with Crippen LogP contribution in [0.1, 0.15) is 11.3 Å². The fourth-order valence-corrected chi connectivity index (χ4v) is 3.61. The van der Waals surface area contributed by atoms with Gasteiger partial charge >= 0.3 is 0 Å². The first-order valence-electron chi connectivity index (χ1n) is 8.62. The van der Waals surface area contributed by atoms with Gasteiger partial charge in [-0.3, -0.25) is 4.79 Å². The Balaban J connectivity index is 1.51. The van der Waals surface area contributed by atoms with Crippen molar-refractivity contribution in [2.24, 2.45) is 0 Å². The van der Waals surface area contributed by atoms with Gasteiger partial charge in [0.05, 0.1) is 10.2 Å². The minimum Gasteiger partial charge on any atom is -0.454 e. The number of benzene rings is 2. The van der Waals surface area contributed by atoms with Crippen LogP contribution in [0.2, 0.25) is 0 Å². The quantitative estimate of drug-likeness (QED) is 0.396. The maximum absolute atomic E-state index is 12.3. The molecular weight excluding hydrogens is 370 g/mol. The normalized spacial score (nSPS) is 11.3. The van der Waals surface area contributed by atoms with Gasteiger partial charge in [0, 0.05) is 12.6 Å². The molecule has 6 heteroatoms. The monoisotopic (exact) mass is 385 g/mol. The zero-order chi connectivity index (χ0) is 19.3. The van der Waals surface area contributed by atoms with Gasteiger partial charge in [-0.2, -0.15) is 5.26 Å². The lowest BCUT2D eigenvalue weighted by Gasteiger charge is -2.03. The predicted octanol–water partition coefficient (Wildman–Crippen LogP) is 4.78. The zero-order valence-corrected chi connectivity index (χ0v) is 15.6. The number of fused-ring (bicyclic) bond motifs is 1. The van der Waals surface area contributed by atoms with Gasteiger partial charge in [0.25, 0.3) is 5.91 Å². The third-order valence-electron chi connectivity index (χ3n) is 4.08. The van der Waals surface area contributed by atoms with Crippen molar-refractivity contribution < 1.29 is 9.21 Å². The van der Waals surface area contributed by atoms with Gasteiger partial charge in [-0.05, 0) is 29.8 Å². The number of thiazole rings is 1. The Kier molecular flexibility index (Phi) is 5.00. The Hall–Kier alpha value is -3.69. The summed E-state index contributed by atoms with van der Waals surface area (Å²) in [4.78, 5) is 16.8. The van der Waals surface area contributed by atoms with E-state index in [9.17, 15) is 10.1 Å². The van der Waals surface area contributed by atoms with Crippen LogP contribution >= 0.6 is 11.3 Å². The standard InChI is InChI=1S/C22H15N3O2S/c23-13-16(21(26)24-14-15-6-2-1-3-7-15)12-17-10-11-19(27-17)22-25-18-8-4-5-9-20(18)28-22/h1-12H,14H2,(H,24,26)/b16-12-. The lowest BCUT2D eigenvalue weighted by Crippen LogP contribution is -2.23. The molecule has 5 nitrogen and oxygen atoms in total. The average Bonchev–Trinajstić information content (AvgIpc) is 3.37. The molecule has 0 radical (unpaired) electrons. The molecule has 0 aliphatic carbocycles. The Morgan fingerprint density at radius 1 is 1.11 bits per heavy atom. The Morgan fingerprint density at radius 2 is 1.89 bits per heavy atom. The third-order valence-corrected chi connectivity index (χ3v) is 5.13. The van der Waals surface area contributed by atoms with E-state index in [2.05, 4.69) is 10.3 Å². The Labute approximate surface area is 165 Å². The number of nitrogens with one attached hydrogen (secondary N) is 1. The van der Waals surface area contributed by atoms with Crippen LogP contribution in [0.5, 0.6) is 0 Å². The van der Waals surface area contributed by atoms with E-state index >= 15 is 0 Å². The molecule has 0 spiro atoms. The van der Waals surface area contributed by atoms with E-state index in [0.29, 0.717) is 18.1 Å². The number of para-hydroxylation sites is 1. The van der Waals surface area contributed by atoms with E-state index < -0.39 is 5.91 Å². The highest BCUT2D eigenvalue weighted by Crippen LogP contribution is 2.31. The minimum atomic E-state index is -0.440. The minimum absolute atomic E-state index is 0.0128. The summed E-state index contributed by atoms with van der Waals surface area (Å²) in [6.45, 7) is 0.355. The summed E-state index contributed by atoms with van der Waals surface area (Å²) in [7, 11) is 0. The lowest BCUT2D eigenvalue weighted by molar-refractivity contribution is -0.117. The second kappa shape index (κ2) is 7.91. The summed E-state index contributed by atoms with van der Waals surface area (Å²) >= 11 is 1.53. The fraction of sp³-hybridized carbons (Fsp3) is 0.0455. The van der Waals surface area contributed by atoms with Crippen LogP contribution in [-0.4, -0.2) is 10.9 Å². The summed E-state index contributed by atoms with van der Waals surface area (Å²) in [5, 5.41) is 12.8. The predicted molar refractivity (Wildman–Crippen MR) is 109 cm³/mol. The molecule has 0 aliphatic rings. The number of hydrogen-bond acceptors (Lipinski definition) is 5. The maximum Gasteiger partial charge on any atom is 0.262 e. The number of aromatic nitrogens is 1. The van der Waals surface area contributed by atoms with Crippen LogP contribution in [-0.2, 0) is 11.3 Å². The van der Waals surface area contributed by atoms with Crippen LogP contribution in [0.3, 0.4) is 0 Å². The summed E-state index contributed by atoms with van der Waals surface area (Å²) in [5.41, 5.74) is 1.86. The topological polar surface area (TPSA) is 78.9 Å². The van der Waals surface area contributed by atoms with Crippen molar-refractivity contribution in [3.8, 4) is 16.8 Å². The van der Waals surface area contributed by atoms with Gasteiger partial charge in [0.1, 0.15) is 17.4 Å². The smallest absolute Gasteiger partial charge is 0.262 e. The highest BCUT2D eigenvalue weighted by molar-refractivity contribution is 7.21. The molecule has 0 bridgehead atoms. The summed E-state index contributed by atoms with van der Waals surface area (Å²) in [6, 6.07) is 22.8. The summed E-state index contributed by atoms with van der Waals surface area (Å²) in [5.74, 6) is 0.597. The van der Waals surface area contributed by atoms with Crippen molar-refractivity contribution in [2.45, 2.75) is 6.54 Å². The van der Waals surface area contributed by atoms with E-state index in [4.69, 9.17) is 4.42 Å². The molecule has 2 heterocycles. The molecule has 28 heavy (non-hydrogen) atoms. The first-order valence-corrected chi connectivity index (χ1v) is 9.44. The average molecular weight is 385 g/mol. The van der Waals surface area contributed by atoms with Crippen molar-refractivity contribution in [3.05, 3.63) is 83.6 Å². The Morgan fingerprint density at radius 3 is 2.68 bits per heavy atom. The molecule has 0 saturated carbocycles. The highest BCUT2D eigenvalue weighted by atomic mass is 32.1. The maximum atomic E-state index is 12.3. The van der Waals surface area contributed by atoms with E-state index in [1.165, 1.54) is 17.4 Å². The van der Waals surface area contributed by atoms with E-state index in [1.807, 2.05) is 60.7 Å². The summed E-state index contributed by atoms with van der Waals surface area (Å²) < 4.78 is 6.86. The third kappa shape index (κ3) is 3.85. The molecule has 0 atom stereocenters. The largest absolute Gasteiger partial charge is 0.454 e. The number of carbonyl (C=O) groups is 1. The van der Waals surface area contributed by atoms with Gasteiger partial charge in [0.2, 0.25) is 0 Å². The molecule has 0 aliphatic heterocycles. The molecule has 4 aromatic rings. The van der Waals surface area contributed by atoms with Crippen molar-refractivity contribution in [1.29, 1.82) is 5.26 Å².